The van der Waals surface area contributed by atoms with Gasteiger partial charge in [-0.2, -0.15) is 0 Å². The van der Waals surface area contributed by atoms with Crippen LogP contribution in [0.1, 0.15) is 0 Å². The highest BCUT2D eigenvalue weighted by Crippen LogP contribution is 2.34. The molecule has 1 N–H and O–H groups in total. The molecule has 0 saturated heterocycles. The van der Waals surface area contributed by atoms with E-state index >= 15 is 0 Å². The summed E-state index contributed by atoms with van der Waals surface area (Å²) in [5.74, 6) is 1.16. The number of carbonyl (C=O) groups is 1. The molecule has 0 aliphatic carbocycles. The summed E-state index contributed by atoms with van der Waals surface area (Å²) in [6.45, 7) is 0. The Hall–Kier alpha value is -1.93. The minimum absolute atomic E-state index is 0.104. The van der Waals surface area contributed by atoms with Crippen molar-refractivity contribution in [2.24, 2.45) is 7.05 Å². The predicted octanol–water partition coefficient (Wildman–Crippen LogP) is 5.18. The van der Waals surface area contributed by atoms with Crippen molar-refractivity contribution in [3.05, 3.63) is 51.5 Å². The third-order valence-electron chi connectivity index (χ3n) is 3.79. The maximum absolute atomic E-state index is 12.3. The van der Waals surface area contributed by atoms with Gasteiger partial charge in [-0.25, -0.2) is 0 Å². The van der Waals surface area contributed by atoms with E-state index in [0.717, 1.165) is 5.56 Å². The molecule has 2 aromatic carbocycles. The number of carbonyl (C=O) groups excluding carboxylic acids is 1. The van der Waals surface area contributed by atoms with E-state index < -0.39 is 0 Å². The van der Waals surface area contributed by atoms with Gasteiger partial charge in [0.1, 0.15) is 5.75 Å². The standard InChI is InChI=1S/C18H15Cl3N4O2S/c1-25-17(11-5-3-4-6-14(11)27-2)23-24-18(25)28-9-15(26)22-16-12(20)7-10(19)8-13(16)21/h3-8H,9H2,1-2H3,(H,22,26). The molecule has 0 unspecified atom stereocenters. The minimum atomic E-state index is -0.280. The van der Waals surface area contributed by atoms with Gasteiger partial charge in [-0.3, -0.25) is 4.79 Å². The number of nitrogens with one attached hydrogen (secondary N) is 1. The van der Waals surface area contributed by atoms with Crippen LogP contribution in [0.25, 0.3) is 11.4 Å². The van der Waals surface area contributed by atoms with Crippen molar-refractivity contribution in [2.75, 3.05) is 18.2 Å². The Morgan fingerprint density at radius 2 is 1.86 bits per heavy atom. The maximum atomic E-state index is 12.3. The Morgan fingerprint density at radius 3 is 2.54 bits per heavy atom. The molecular formula is C18H15Cl3N4O2S. The number of thioether (sulfide) groups is 1. The quantitative estimate of drug-likeness (QED) is 0.516. The summed E-state index contributed by atoms with van der Waals surface area (Å²) < 4.78 is 7.18. The molecule has 0 aliphatic heterocycles. The Morgan fingerprint density at radius 1 is 1.18 bits per heavy atom. The lowest BCUT2D eigenvalue weighted by Crippen LogP contribution is -2.15. The molecule has 6 nitrogen and oxygen atoms in total. The smallest absolute Gasteiger partial charge is 0.234 e. The van der Waals surface area contributed by atoms with Crippen molar-refractivity contribution >= 4 is 58.2 Å². The van der Waals surface area contributed by atoms with E-state index in [-0.39, 0.29) is 21.7 Å². The van der Waals surface area contributed by atoms with Crippen LogP contribution < -0.4 is 10.1 Å². The first kappa shape index (κ1) is 20.8. The van der Waals surface area contributed by atoms with Crippen LogP contribution >= 0.6 is 46.6 Å². The number of halogens is 3. The molecule has 0 aliphatic rings. The molecule has 0 atom stereocenters. The second-order valence-electron chi connectivity index (χ2n) is 5.65. The number of amides is 1. The third-order valence-corrected chi connectivity index (χ3v) is 5.62. The predicted molar refractivity (Wildman–Crippen MR) is 114 cm³/mol. The molecule has 0 saturated carbocycles. The second kappa shape index (κ2) is 9.05. The molecule has 1 heterocycles. The van der Waals surface area contributed by atoms with Crippen molar-refractivity contribution in [3.8, 4) is 17.1 Å². The van der Waals surface area contributed by atoms with Gasteiger partial charge in [0.15, 0.2) is 11.0 Å². The summed E-state index contributed by atoms with van der Waals surface area (Å²) in [6.07, 6.45) is 0. The van der Waals surface area contributed by atoms with Crippen molar-refractivity contribution < 1.29 is 9.53 Å². The lowest BCUT2D eigenvalue weighted by Gasteiger charge is -2.10. The first-order valence-corrected chi connectivity index (χ1v) is 10.1. The van der Waals surface area contributed by atoms with E-state index in [9.17, 15) is 4.79 Å². The van der Waals surface area contributed by atoms with Gasteiger partial charge in [0.25, 0.3) is 0 Å². The number of aromatic nitrogens is 3. The van der Waals surface area contributed by atoms with E-state index in [1.807, 2.05) is 31.3 Å². The summed E-state index contributed by atoms with van der Waals surface area (Å²) in [7, 11) is 3.43. The highest BCUT2D eigenvalue weighted by molar-refractivity contribution is 7.99. The summed E-state index contributed by atoms with van der Waals surface area (Å²) in [6, 6.07) is 10.6. The Bertz CT molecular complexity index is 1000. The number of rotatable bonds is 6. The number of para-hydroxylation sites is 1. The fraction of sp³-hybridized carbons (Fsp3) is 0.167. The van der Waals surface area contributed by atoms with Gasteiger partial charge in [-0.1, -0.05) is 58.7 Å². The highest BCUT2D eigenvalue weighted by Gasteiger charge is 2.17. The van der Waals surface area contributed by atoms with E-state index in [1.54, 1.807) is 11.7 Å². The van der Waals surface area contributed by atoms with Gasteiger partial charge in [0.2, 0.25) is 5.91 Å². The first-order valence-electron chi connectivity index (χ1n) is 8.00. The monoisotopic (exact) mass is 456 g/mol. The molecule has 1 amide bonds. The van der Waals surface area contributed by atoms with Gasteiger partial charge in [0.05, 0.1) is 34.2 Å². The number of methoxy groups -OCH3 is 1. The molecule has 3 rings (SSSR count). The molecular weight excluding hydrogens is 443 g/mol. The van der Waals surface area contributed by atoms with Crippen LogP contribution in [0.5, 0.6) is 5.75 Å². The van der Waals surface area contributed by atoms with Crippen LogP contribution in [-0.2, 0) is 11.8 Å². The zero-order valence-corrected chi connectivity index (χ0v) is 18.0. The lowest BCUT2D eigenvalue weighted by molar-refractivity contribution is -0.113. The van der Waals surface area contributed by atoms with E-state index in [2.05, 4.69) is 15.5 Å². The third kappa shape index (κ3) is 4.55. The molecule has 146 valence electrons. The van der Waals surface area contributed by atoms with E-state index in [4.69, 9.17) is 39.5 Å². The topological polar surface area (TPSA) is 69.0 Å². The van der Waals surface area contributed by atoms with Crippen LogP contribution in [0, 0.1) is 0 Å². The van der Waals surface area contributed by atoms with Crippen molar-refractivity contribution in [3.63, 3.8) is 0 Å². The summed E-state index contributed by atoms with van der Waals surface area (Å²) in [5.41, 5.74) is 1.14. The number of hydrogen-bond donors (Lipinski definition) is 1. The average molecular weight is 458 g/mol. The summed E-state index contributed by atoms with van der Waals surface area (Å²) in [5, 5.41) is 12.6. The maximum Gasteiger partial charge on any atom is 0.234 e. The number of benzene rings is 2. The van der Waals surface area contributed by atoms with Gasteiger partial charge in [0, 0.05) is 12.1 Å². The molecule has 0 fully saturated rings. The Balaban J connectivity index is 1.71. The number of anilines is 1. The van der Waals surface area contributed by atoms with Crippen LogP contribution in [0.3, 0.4) is 0 Å². The van der Waals surface area contributed by atoms with Gasteiger partial charge in [-0.15, -0.1) is 10.2 Å². The minimum Gasteiger partial charge on any atom is -0.496 e. The fourth-order valence-corrected chi connectivity index (χ4v) is 4.09. The van der Waals surface area contributed by atoms with Crippen LogP contribution in [0.2, 0.25) is 15.1 Å². The Labute approximate surface area is 181 Å². The zero-order valence-electron chi connectivity index (χ0n) is 14.9. The van der Waals surface area contributed by atoms with Gasteiger partial charge < -0.3 is 14.6 Å². The molecule has 3 aromatic rings. The summed E-state index contributed by atoms with van der Waals surface area (Å²) in [4.78, 5) is 12.3. The second-order valence-corrected chi connectivity index (χ2v) is 7.84. The normalized spacial score (nSPS) is 10.8. The molecule has 0 spiro atoms. The number of ether oxygens (including phenoxy) is 1. The number of hydrogen-bond acceptors (Lipinski definition) is 5. The van der Waals surface area contributed by atoms with Crippen LogP contribution in [0.4, 0.5) is 5.69 Å². The zero-order chi connectivity index (χ0) is 20.3. The highest BCUT2D eigenvalue weighted by atomic mass is 35.5. The first-order chi connectivity index (χ1) is 13.4. The SMILES string of the molecule is COc1ccccc1-c1nnc(SCC(=O)Nc2c(Cl)cc(Cl)cc2Cl)n1C. The largest absolute Gasteiger partial charge is 0.496 e. The molecule has 0 radical (unpaired) electrons. The van der Waals surface area contributed by atoms with Crippen molar-refractivity contribution in [1.82, 2.24) is 14.8 Å². The Kier molecular flexibility index (Phi) is 6.72. The summed E-state index contributed by atoms with van der Waals surface area (Å²) >= 11 is 19.3. The van der Waals surface area contributed by atoms with Gasteiger partial charge in [-0.05, 0) is 24.3 Å². The number of nitrogens with zero attached hydrogens (tertiary/aromatic N) is 3. The van der Waals surface area contributed by atoms with Crippen molar-refractivity contribution in [2.45, 2.75) is 5.16 Å². The fourth-order valence-electron chi connectivity index (χ4n) is 2.47. The molecule has 1 aromatic heterocycles. The van der Waals surface area contributed by atoms with Gasteiger partial charge >= 0.3 is 0 Å². The molecule has 0 bridgehead atoms. The van der Waals surface area contributed by atoms with Crippen LogP contribution in [-0.4, -0.2) is 33.5 Å². The average Bonchev–Trinajstić information content (AvgIpc) is 3.03. The van der Waals surface area contributed by atoms with Crippen molar-refractivity contribution in [1.29, 1.82) is 0 Å². The molecule has 10 heteroatoms. The molecule has 28 heavy (non-hydrogen) atoms. The van der Waals surface area contributed by atoms with Crippen LogP contribution in [0.15, 0.2) is 41.6 Å². The van der Waals surface area contributed by atoms with E-state index in [1.165, 1.54) is 23.9 Å². The van der Waals surface area contributed by atoms with E-state index in [0.29, 0.717) is 27.4 Å². The lowest BCUT2D eigenvalue weighted by atomic mass is 10.2.